The molecule has 0 aromatic heterocycles. The summed E-state index contributed by atoms with van der Waals surface area (Å²) in [5.74, 6) is 0. The van der Waals surface area contributed by atoms with Gasteiger partial charge in [0.25, 0.3) is 0 Å². The van der Waals surface area contributed by atoms with E-state index < -0.39 is 0 Å². The van der Waals surface area contributed by atoms with E-state index in [1.54, 1.807) is 0 Å². The molecule has 0 bridgehead atoms. The molecular weight excluding hydrogens is 244 g/mol. The molecule has 1 aromatic rings. The average molecular weight is 276 g/mol. The minimum Gasteiger partial charge on any atom is -0.374 e. The van der Waals surface area contributed by atoms with Crippen molar-refractivity contribution in [2.45, 2.75) is 47.0 Å². The molecule has 0 fully saturated rings. The van der Waals surface area contributed by atoms with Crippen molar-refractivity contribution in [1.82, 2.24) is 5.32 Å². The van der Waals surface area contributed by atoms with Gasteiger partial charge in [0.2, 0.25) is 0 Å². The molecule has 0 aliphatic rings. The molecule has 0 amide bonds. The Morgan fingerprint density at radius 3 is 2.25 bits per heavy atom. The van der Waals surface area contributed by atoms with Crippen molar-refractivity contribution < 1.29 is 0 Å². The van der Waals surface area contributed by atoms with E-state index in [9.17, 15) is 0 Å². The lowest BCUT2D eigenvalue weighted by molar-refractivity contribution is 0.300. The topological polar surface area (TPSA) is 15.3 Å². The van der Waals surface area contributed by atoms with Crippen LogP contribution < -0.4 is 10.2 Å². The van der Waals surface area contributed by atoms with Crippen LogP contribution in [0.3, 0.4) is 0 Å². The van der Waals surface area contributed by atoms with Crippen LogP contribution in [0.25, 0.3) is 0 Å². The molecule has 1 aromatic carbocycles. The Morgan fingerprint density at radius 1 is 1.10 bits per heavy atom. The van der Waals surface area contributed by atoms with Gasteiger partial charge in [-0.15, -0.1) is 0 Å². The van der Waals surface area contributed by atoms with Gasteiger partial charge in [0.1, 0.15) is 0 Å². The Labute approximate surface area is 125 Å². The van der Waals surface area contributed by atoms with E-state index in [-0.39, 0.29) is 0 Å². The van der Waals surface area contributed by atoms with Crippen LogP contribution in [-0.4, -0.2) is 26.7 Å². The third-order valence-corrected chi connectivity index (χ3v) is 4.24. The first-order valence-electron chi connectivity index (χ1n) is 8.05. The molecule has 1 unspecified atom stereocenters. The Kier molecular flexibility index (Phi) is 7.08. The van der Waals surface area contributed by atoms with E-state index in [1.807, 2.05) is 0 Å². The Bertz CT molecular complexity index is 372. The first-order valence-corrected chi connectivity index (χ1v) is 8.05. The standard InChI is InChI=1S/C18H32N2/c1-6-13-19-14-18(4,8-3)15-20(5)17-11-9-16(7-2)10-12-17/h9-12,19H,6-8,13-15H2,1-5H3. The van der Waals surface area contributed by atoms with E-state index >= 15 is 0 Å². The fourth-order valence-corrected chi connectivity index (χ4v) is 2.51. The molecule has 2 heteroatoms. The highest BCUT2D eigenvalue weighted by atomic mass is 15.1. The number of hydrogen-bond acceptors (Lipinski definition) is 2. The monoisotopic (exact) mass is 276 g/mol. The number of rotatable bonds is 9. The van der Waals surface area contributed by atoms with Crippen LogP contribution in [0.5, 0.6) is 0 Å². The summed E-state index contributed by atoms with van der Waals surface area (Å²) in [7, 11) is 2.20. The highest BCUT2D eigenvalue weighted by molar-refractivity contribution is 5.47. The number of aryl methyl sites for hydroxylation is 1. The van der Waals surface area contributed by atoms with Crippen molar-refractivity contribution in [3.63, 3.8) is 0 Å². The first kappa shape index (κ1) is 17.0. The Morgan fingerprint density at radius 2 is 1.75 bits per heavy atom. The van der Waals surface area contributed by atoms with E-state index in [0.29, 0.717) is 5.41 Å². The minimum absolute atomic E-state index is 0.327. The second-order valence-corrected chi connectivity index (χ2v) is 6.22. The fraction of sp³-hybridized carbons (Fsp3) is 0.667. The minimum atomic E-state index is 0.327. The van der Waals surface area contributed by atoms with Gasteiger partial charge in [-0.05, 0) is 48.9 Å². The smallest absolute Gasteiger partial charge is 0.0363 e. The van der Waals surface area contributed by atoms with Crippen LogP contribution in [0.1, 0.15) is 46.1 Å². The van der Waals surface area contributed by atoms with Crippen molar-refractivity contribution in [2.24, 2.45) is 5.41 Å². The van der Waals surface area contributed by atoms with Gasteiger partial charge in [-0.1, -0.05) is 39.8 Å². The summed E-state index contributed by atoms with van der Waals surface area (Å²) < 4.78 is 0. The molecule has 1 atom stereocenters. The maximum atomic E-state index is 3.57. The highest BCUT2D eigenvalue weighted by Gasteiger charge is 2.23. The van der Waals surface area contributed by atoms with E-state index in [1.165, 1.54) is 24.1 Å². The molecule has 2 nitrogen and oxygen atoms in total. The van der Waals surface area contributed by atoms with E-state index in [4.69, 9.17) is 0 Å². The van der Waals surface area contributed by atoms with Gasteiger partial charge in [-0.3, -0.25) is 0 Å². The number of nitrogens with zero attached hydrogens (tertiary/aromatic N) is 1. The van der Waals surface area contributed by atoms with Crippen LogP contribution in [-0.2, 0) is 6.42 Å². The largest absolute Gasteiger partial charge is 0.374 e. The van der Waals surface area contributed by atoms with E-state index in [0.717, 1.165) is 26.1 Å². The third-order valence-electron chi connectivity index (χ3n) is 4.24. The Balaban J connectivity index is 2.62. The molecule has 0 saturated carbocycles. The average Bonchev–Trinajstić information content (AvgIpc) is 2.47. The molecule has 0 aliphatic carbocycles. The molecule has 0 heterocycles. The van der Waals surface area contributed by atoms with Crippen LogP contribution in [0, 0.1) is 5.41 Å². The zero-order valence-corrected chi connectivity index (χ0v) is 14.0. The quantitative estimate of drug-likeness (QED) is 0.683. The molecular formula is C18H32N2. The summed E-state index contributed by atoms with van der Waals surface area (Å²) in [6.45, 7) is 12.4. The third kappa shape index (κ3) is 5.16. The lowest BCUT2D eigenvalue weighted by atomic mass is 9.86. The lowest BCUT2D eigenvalue weighted by Crippen LogP contribution is -2.41. The number of hydrogen-bond donors (Lipinski definition) is 1. The van der Waals surface area contributed by atoms with Crippen molar-refractivity contribution in [3.05, 3.63) is 29.8 Å². The molecule has 1 rings (SSSR count). The zero-order chi connectivity index (χ0) is 15.0. The number of benzene rings is 1. The molecule has 20 heavy (non-hydrogen) atoms. The second-order valence-electron chi connectivity index (χ2n) is 6.22. The van der Waals surface area contributed by atoms with Crippen LogP contribution in [0.15, 0.2) is 24.3 Å². The normalized spacial score (nSPS) is 14.1. The van der Waals surface area contributed by atoms with Gasteiger partial charge in [0.05, 0.1) is 0 Å². The predicted molar refractivity (Wildman–Crippen MR) is 90.6 cm³/mol. The molecule has 114 valence electrons. The van der Waals surface area contributed by atoms with Crippen molar-refractivity contribution in [1.29, 1.82) is 0 Å². The summed E-state index contributed by atoms with van der Waals surface area (Å²) in [6.07, 6.45) is 3.51. The number of nitrogens with one attached hydrogen (secondary N) is 1. The summed E-state index contributed by atoms with van der Waals surface area (Å²) in [5.41, 5.74) is 3.05. The molecule has 0 radical (unpaired) electrons. The van der Waals surface area contributed by atoms with Crippen molar-refractivity contribution in [2.75, 3.05) is 31.6 Å². The van der Waals surface area contributed by atoms with Crippen LogP contribution in [0.4, 0.5) is 5.69 Å². The van der Waals surface area contributed by atoms with Gasteiger partial charge in [0, 0.05) is 25.8 Å². The fourth-order valence-electron chi connectivity index (χ4n) is 2.51. The van der Waals surface area contributed by atoms with E-state index in [2.05, 4.69) is 69.2 Å². The van der Waals surface area contributed by atoms with Crippen molar-refractivity contribution >= 4 is 5.69 Å². The van der Waals surface area contributed by atoms with Gasteiger partial charge < -0.3 is 10.2 Å². The molecule has 0 saturated heterocycles. The molecule has 0 spiro atoms. The summed E-state index contributed by atoms with van der Waals surface area (Å²) in [5, 5.41) is 3.57. The van der Waals surface area contributed by atoms with Gasteiger partial charge in [0.15, 0.2) is 0 Å². The van der Waals surface area contributed by atoms with Gasteiger partial charge in [-0.2, -0.15) is 0 Å². The van der Waals surface area contributed by atoms with Crippen LogP contribution >= 0.6 is 0 Å². The first-order chi connectivity index (χ1) is 9.54. The lowest BCUT2D eigenvalue weighted by Gasteiger charge is -2.34. The highest BCUT2D eigenvalue weighted by Crippen LogP contribution is 2.24. The van der Waals surface area contributed by atoms with Gasteiger partial charge >= 0.3 is 0 Å². The SMILES string of the molecule is CCCNCC(C)(CC)CN(C)c1ccc(CC)cc1. The van der Waals surface area contributed by atoms with Crippen molar-refractivity contribution in [3.8, 4) is 0 Å². The maximum Gasteiger partial charge on any atom is 0.0363 e. The summed E-state index contributed by atoms with van der Waals surface area (Å²) in [4.78, 5) is 2.39. The summed E-state index contributed by atoms with van der Waals surface area (Å²) in [6, 6.07) is 8.97. The Hall–Kier alpha value is -1.02. The summed E-state index contributed by atoms with van der Waals surface area (Å²) >= 11 is 0. The van der Waals surface area contributed by atoms with Gasteiger partial charge in [-0.25, -0.2) is 0 Å². The molecule has 0 aliphatic heterocycles. The zero-order valence-electron chi connectivity index (χ0n) is 14.0. The number of anilines is 1. The maximum absolute atomic E-state index is 3.57. The molecule has 1 N–H and O–H groups in total. The van der Waals surface area contributed by atoms with Crippen LogP contribution in [0.2, 0.25) is 0 Å². The second kappa shape index (κ2) is 8.31. The predicted octanol–water partition coefficient (Wildman–Crippen LogP) is 4.10.